The van der Waals surface area contributed by atoms with E-state index >= 15 is 0 Å². The van der Waals surface area contributed by atoms with Crippen LogP contribution in [0.4, 0.5) is 0 Å². The van der Waals surface area contributed by atoms with Gasteiger partial charge in [-0.05, 0) is 57.1 Å². The molecule has 1 aromatic carbocycles. The van der Waals surface area contributed by atoms with Crippen molar-refractivity contribution >= 4 is 15.9 Å². The average molecular weight is 298 g/mol. The molecule has 94 valence electrons. The highest BCUT2D eigenvalue weighted by Crippen LogP contribution is 2.56. The van der Waals surface area contributed by atoms with Gasteiger partial charge in [-0.25, -0.2) is 0 Å². The predicted octanol–water partition coefficient (Wildman–Crippen LogP) is 3.13. The van der Waals surface area contributed by atoms with Gasteiger partial charge < -0.3 is 10.0 Å². The Balaban J connectivity index is 2.43. The molecule has 1 fully saturated rings. The molecule has 0 aromatic heterocycles. The van der Waals surface area contributed by atoms with Crippen LogP contribution in [0.15, 0.2) is 22.7 Å². The Labute approximate surface area is 112 Å². The SMILES string of the molecule is Cc1ccc(Br)cc1C(N(C)C)C1(CO)CC1. The minimum atomic E-state index is 0.0784. The molecule has 17 heavy (non-hydrogen) atoms. The van der Waals surface area contributed by atoms with E-state index < -0.39 is 0 Å². The molecule has 0 spiro atoms. The zero-order chi connectivity index (χ0) is 12.6. The summed E-state index contributed by atoms with van der Waals surface area (Å²) in [7, 11) is 4.20. The van der Waals surface area contributed by atoms with Crippen LogP contribution in [-0.2, 0) is 0 Å². The second-order valence-electron chi connectivity index (χ2n) is 5.39. The molecule has 1 atom stereocenters. The minimum absolute atomic E-state index is 0.0784. The molecule has 0 amide bonds. The molecule has 1 aliphatic carbocycles. The lowest BCUT2D eigenvalue weighted by Gasteiger charge is -2.33. The van der Waals surface area contributed by atoms with Gasteiger partial charge in [0.05, 0.1) is 6.61 Å². The summed E-state index contributed by atoms with van der Waals surface area (Å²) in [5.41, 5.74) is 2.71. The van der Waals surface area contributed by atoms with Crippen LogP contribution in [0.5, 0.6) is 0 Å². The standard InChI is InChI=1S/C14H20BrNO/c1-10-4-5-11(15)8-12(10)13(16(2)3)14(9-17)6-7-14/h4-5,8,13,17H,6-7,9H2,1-3H3. The Morgan fingerprint density at radius 3 is 2.53 bits per heavy atom. The van der Waals surface area contributed by atoms with Crippen molar-refractivity contribution in [3.8, 4) is 0 Å². The Morgan fingerprint density at radius 1 is 1.41 bits per heavy atom. The largest absolute Gasteiger partial charge is 0.396 e. The molecule has 3 heteroatoms. The van der Waals surface area contributed by atoms with E-state index in [2.05, 4.69) is 60.0 Å². The number of benzene rings is 1. The van der Waals surface area contributed by atoms with Gasteiger partial charge in [-0.2, -0.15) is 0 Å². The van der Waals surface area contributed by atoms with E-state index in [1.165, 1.54) is 11.1 Å². The lowest BCUT2D eigenvalue weighted by molar-refractivity contribution is 0.115. The average Bonchev–Trinajstić information content (AvgIpc) is 3.04. The smallest absolute Gasteiger partial charge is 0.0505 e. The van der Waals surface area contributed by atoms with Crippen molar-refractivity contribution in [2.24, 2.45) is 5.41 Å². The molecule has 0 bridgehead atoms. The van der Waals surface area contributed by atoms with Gasteiger partial charge >= 0.3 is 0 Å². The lowest BCUT2D eigenvalue weighted by Crippen LogP contribution is -2.31. The lowest BCUT2D eigenvalue weighted by atomic mass is 9.87. The number of rotatable bonds is 4. The molecule has 0 heterocycles. The third kappa shape index (κ3) is 2.42. The predicted molar refractivity (Wildman–Crippen MR) is 74.1 cm³/mol. The molecule has 1 saturated carbocycles. The van der Waals surface area contributed by atoms with Crippen LogP contribution >= 0.6 is 15.9 Å². The van der Waals surface area contributed by atoms with Crippen LogP contribution in [0, 0.1) is 12.3 Å². The molecule has 0 aliphatic heterocycles. The van der Waals surface area contributed by atoms with Gasteiger partial charge in [0.25, 0.3) is 0 Å². The first-order valence-corrected chi connectivity index (χ1v) is 6.83. The van der Waals surface area contributed by atoms with E-state index in [-0.39, 0.29) is 12.0 Å². The van der Waals surface area contributed by atoms with Crippen LogP contribution < -0.4 is 0 Å². The molecule has 0 saturated heterocycles. The van der Waals surface area contributed by atoms with Gasteiger partial charge in [0, 0.05) is 15.9 Å². The monoisotopic (exact) mass is 297 g/mol. The molecular formula is C14H20BrNO. The molecule has 2 rings (SSSR count). The minimum Gasteiger partial charge on any atom is -0.396 e. The fourth-order valence-electron chi connectivity index (χ4n) is 2.74. The second-order valence-corrected chi connectivity index (χ2v) is 6.30. The van der Waals surface area contributed by atoms with E-state index in [4.69, 9.17) is 0 Å². The topological polar surface area (TPSA) is 23.5 Å². The molecule has 0 radical (unpaired) electrons. The maximum atomic E-state index is 9.66. The Kier molecular flexibility index (Phi) is 3.62. The summed E-state index contributed by atoms with van der Waals surface area (Å²) in [6.45, 7) is 2.42. The molecule has 2 nitrogen and oxygen atoms in total. The first-order valence-electron chi connectivity index (χ1n) is 6.03. The summed E-state index contributed by atoms with van der Waals surface area (Å²) in [5, 5.41) is 9.66. The maximum Gasteiger partial charge on any atom is 0.0505 e. The third-order valence-corrected chi connectivity index (χ3v) is 4.33. The van der Waals surface area contributed by atoms with Crippen LogP contribution in [0.2, 0.25) is 0 Å². The van der Waals surface area contributed by atoms with Gasteiger partial charge in [0.1, 0.15) is 0 Å². The molecule has 1 N–H and O–H groups in total. The number of aliphatic hydroxyl groups excluding tert-OH is 1. The van der Waals surface area contributed by atoms with E-state index in [1.54, 1.807) is 0 Å². The Morgan fingerprint density at radius 2 is 2.06 bits per heavy atom. The summed E-state index contributed by atoms with van der Waals surface area (Å²) < 4.78 is 1.11. The summed E-state index contributed by atoms with van der Waals surface area (Å²) >= 11 is 3.54. The highest BCUT2D eigenvalue weighted by atomic mass is 79.9. The van der Waals surface area contributed by atoms with Crippen LogP contribution in [0.1, 0.15) is 30.0 Å². The Hall–Kier alpha value is -0.380. The normalized spacial score (nSPS) is 19.4. The molecule has 1 aliphatic rings. The number of hydrogen-bond acceptors (Lipinski definition) is 2. The van der Waals surface area contributed by atoms with E-state index in [9.17, 15) is 5.11 Å². The number of nitrogens with zero attached hydrogens (tertiary/aromatic N) is 1. The van der Waals surface area contributed by atoms with Gasteiger partial charge in [-0.3, -0.25) is 0 Å². The van der Waals surface area contributed by atoms with Gasteiger partial charge in [-0.15, -0.1) is 0 Å². The van der Waals surface area contributed by atoms with Crippen LogP contribution in [0.25, 0.3) is 0 Å². The van der Waals surface area contributed by atoms with Gasteiger partial charge in [0.15, 0.2) is 0 Å². The van der Waals surface area contributed by atoms with E-state index in [0.29, 0.717) is 6.04 Å². The number of halogens is 1. The van der Waals surface area contributed by atoms with Crippen molar-refractivity contribution in [2.45, 2.75) is 25.8 Å². The zero-order valence-corrected chi connectivity index (χ0v) is 12.3. The third-order valence-electron chi connectivity index (χ3n) is 3.84. The van der Waals surface area contributed by atoms with E-state index in [1.807, 2.05) is 0 Å². The molecule has 1 aromatic rings. The fourth-order valence-corrected chi connectivity index (χ4v) is 3.12. The Bertz CT molecular complexity index is 413. The van der Waals surface area contributed by atoms with Crippen molar-refractivity contribution in [1.82, 2.24) is 4.90 Å². The van der Waals surface area contributed by atoms with Crippen LogP contribution in [-0.4, -0.2) is 30.7 Å². The quantitative estimate of drug-likeness (QED) is 0.923. The first-order chi connectivity index (χ1) is 8.00. The van der Waals surface area contributed by atoms with Crippen molar-refractivity contribution in [3.05, 3.63) is 33.8 Å². The van der Waals surface area contributed by atoms with Crippen LogP contribution in [0.3, 0.4) is 0 Å². The van der Waals surface area contributed by atoms with Gasteiger partial charge in [0.2, 0.25) is 0 Å². The molecule has 1 unspecified atom stereocenters. The fraction of sp³-hybridized carbons (Fsp3) is 0.571. The summed E-state index contributed by atoms with van der Waals surface area (Å²) in [5.74, 6) is 0. The van der Waals surface area contributed by atoms with Crippen molar-refractivity contribution in [1.29, 1.82) is 0 Å². The first kappa shape index (κ1) is 13.1. The summed E-state index contributed by atoms with van der Waals surface area (Å²) in [4.78, 5) is 2.23. The van der Waals surface area contributed by atoms with Crippen molar-refractivity contribution in [2.75, 3.05) is 20.7 Å². The highest BCUT2D eigenvalue weighted by molar-refractivity contribution is 9.10. The van der Waals surface area contributed by atoms with Crippen molar-refractivity contribution in [3.63, 3.8) is 0 Å². The molecular weight excluding hydrogens is 278 g/mol. The second kappa shape index (κ2) is 4.71. The number of aliphatic hydroxyl groups is 1. The summed E-state index contributed by atoms with van der Waals surface area (Å²) in [6, 6.07) is 6.72. The van der Waals surface area contributed by atoms with Gasteiger partial charge in [-0.1, -0.05) is 22.0 Å². The number of hydrogen-bond donors (Lipinski definition) is 1. The maximum absolute atomic E-state index is 9.66. The summed E-state index contributed by atoms with van der Waals surface area (Å²) in [6.07, 6.45) is 2.25. The highest BCUT2D eigenvalue weighted by Gasteiger charge is 2.50. The van der Waals surface area contributed by atoms with E-state index in [0.717, 1.165) is 17.3 Å². The van der Waals surface area contributed by atoms with Crippen molar-refractivity contribution < 1.29 is 5.11 Å². The zero-order valence-electron chi connectivity index (χ0n) is 10.7. The number of aryl methyl sites for hydroxylation is 1.